The fourth-order valence-corrected chi connectivity index (χ4v) is 1.65. The molecule has 0 aliphatic rings. The topological polar surface area (TPSA) is 55.1 Å². The molecule has 2 aromatic rings. The van der Waals surface area contributed by atoms with Gasteiger partial charge in [-0.05, 0) is 19.1 Å². The zero-order valence-corrected chi connectivity index (χ0v) is 9.52. The first-order valence-electron chi connectivity index (χ1n) is 5.19. The monoisotopic (exact) mass is 252 g/mol. The van der Waals surface area contributed by atoms with Crippen molar-refractivity contribution in [1.29, 1.82) is 0 Å². The smallest absolute Gasteiger partial charge is 0.339 e. The van der Waals surface area contributed by atoms with Crippen LogP contribution in [0.25, 0.3) is 0 Å². The average molecular weight is 252 g/mol. The molecule has 18 heavy (non-hydrogen) atoms. The van der Waals surface area contributed by atoms with E-state index in [1.54, 1.807) is 0 Å². The first-order valence-corrected chi connectivity index (χ1v) is 5.19. The van der Waals surface area contributed by atoms with Crippen LogP contribution in [0.5, 0.6) is 0 Å². The summed E-state index contributed by atoms with van der Waals surface area (Å²) >= 11 is 0. The normalized spacial score (nSPS) is 10.6. The van der Waals surface area contributed by atoms with E-state index in [1.165, 1.54) is 23.9 Å². The van der Waals surface area contributed by atoms with Crippen molar-refractivity contribution in [2.75, 3.05) is 0 Å². The summed E-state index contributed by atoms with van der Waals surface area (Å²) in [6.45, 7) is 1.38. The van der Waals surface area contributed by atoms with E-state index in [1.807, 2.05) is 0 Å². The van der Waals surface area contributed by atoms with Crippen LogP contribution in [0.2, 0.25) is 0 Å². The number of aryl methyl sites for hydroxylation is 1. The molecule has 0 amide bonds. The van der Waals surface area contributed by atoms with E-state index in [2.05, 4.69) is 5.10 Å². The van der Waals surface area contributed by atoms with Crippen molar-refractivity contribution in [3.05, 3.63) is 52.9 Å². The molecule has 1 aromatic heterocycles. The molecule has 94 valence electrons. The summed E-state index contributed by atoms with van der Waals surface area (Å²) in [5, 5.41) is 12.8. The molecular formula is C12H10F2N2O2. The minimum absolute atomic E-state index is 0.0201. The van der Waals surface area contributed by atoms with E-state index < -0.39 is 17.6 Å². The van der Waals surface area contributed by atoms with Gasteiger partial charge in [0.25, 0.3) is 0 Å². The maximum atomic E-state index is 13.4. The van der Waals surface area contributed by atoms with Crippen LogP contribution in [0.4, 0.5) is 8.78 Å². The number of carbonyl (C=O) groups is 1. The zero-order valence-electron chi connectivity index (χ0n) is 9.52. The molecule has 0 bridgehead atoms. The number of carboxylic acid groups (broad SMARTS) is 1. The Morgan fingerprint density at radius 1 is 1.39 bits per heavy atom. The summed E-state index contributed by atoms with van der Waals surface area (Å²) in [5.41, 5.74) is 0.183. The Kier molecular flexibility index (Phi) is 3.10. The molecule has 0 fully saturated rings. The molecule has 1 heterocycles. The quantitative estimate of drug-likeness (QED) is 0.911. The van der Waals surface area contributed by atoms with Gasteiger partial charge in [-0.2, -0.15) is 5.10 Å². The molecule has 0 aliphatic heterocycles. The Morgan fingerprint density at radius 3 is 2.50 bits per heavy atom. The molecule has 0 saturated carbocycles. The van der Waals surface area contributed by atoms with Gasteiger partial charge in [0, 0.05) is 11.8 Å². The lowest BCUT2D eigenvalue weighted by Crippen LogP contribution is -2.05. The van der Waals surface area contributed by atoms with Gasteiger partial charge in [0.15, 0.2) is 0 Å². The van der Waals surface area contributed by atoms with Gasteiger partial charge in [0.2, 0.25) is 0 Å². The van der Waals surface area contributed by atoms with Crippen LogP contribution in [0.1, 0.15) is 21.6 Å². The predicted molar refractivity (Wildman–Crippen MR) is 59.4 cm³/mol. The summed E-state index contributed by atoms with van der Waals surface area (Å²) in [6, 6.07) is 3.56. The maximum Gasteiger partial charge on any atom is 0.339 e. The first-order chi connectivity index (χ1) is 8.49. The Bertz CT molecular complexity index is 588. The average Bonchev–Trinajstić information content (AvgIpc) is 2.65. The molecule has 1 aromatic carbocycles. The van der Waals surface area contributed by atoms with Crippen LogP contribution in [0, 0.1) is 18.6 Å². The van der Waals surface area contributed by atoms with E-state index in [9.17, 15) is 13.6 Å². The van der Waals surface area contributed by atoms with E-state index in [4.69, 9.17) is 5.11 Å². The molecule has 2 rings (SSSR count). The van der Waals surface area contributed by atoms with Gasteiger partial charge in [0.05, 0.1) is 12.2 Å². The van der Waals surface area contributed by atoms with Crippen molar-refractivity contribution in [1.82, 2.24) is 9.78 Å². The maximum absolute atomic E-state index is 13.4. The summed E-state index contributed by atoms with van der Waals surface area (Å²) < 4.78 is 28.0. The standard InChI is InChI=1S/C12H10F2N2O2/c1-7-8(12(17)18)5-16(15-7)6-9-10(13)3-2-4-11(9)14/h2-5H,6H2,1H3,(H,17,18). The van der Waals surface area contributed by atoms with Crippen LogP contribution >= 0.6 is 0 Å². The predicted octanol–water partition coefficient (Wildman–Crippen LogP) is 2.22. The third kappa shape index (κ3) is 2.22. The lowest BCUT2D eigenvalue weighted by Gasteiger charge is -2.04. The van der Waals surface area contributed by atoms with E-state index >= 15 is 0 Å². The van der Waals surface area contributed by atoms with Crippen LogP contribution in [-0.4, -0.2) is 20.9 Å². The fraction of sp³-hybridized carbons (Fsp3) is 0.167. The van der Waals surface area contributed by atoms with Gasteiger partial charge in [0.1, 0.15) is 17.2 Å². The van der Waals surface area contributed by atoms with Crippen molar-refractivity contribution in [2.45, 2.75) is 13.5 Å². The van der Waals surface area contributed by atoms with Crippen LogP contribution < -0.4 is 0 Å². The molecule has 0 radical (unpaired) electrons. The molecule has 6 heteroatoms. The molecule has 1 N–H and O–H groups in total. The number of carboxylic acids is 1. The highest BCUT2D eigenvalue weighted by Crippen LogP contribution is 2.14. The first kappa shape index (κ1) is 12.2. The number of aromatic nitrogens is 2. The number of aromatic carboxylic acids is 1. The second-order valence-electron chi connectivity index (χ2n) is 3.83. The number of nitrogens with zero attached hydrogens (tertiary/aromatic N) is 2. The second-order valence-corrected chi connectivity index (χ2v) is 3.83. The highest BCUT2D eigenvalue weighted by Gasteiger charge is 2.14. The fourth-order valence-electron chi connectivity index (χ4n) is 1.65. The SMILES string of the molecule is Cc1nn(Cc2c(F)cccc2F)cc1C(=O)O. The summed E-state index contributed by atoms with van der Waals surface area (Å²) in [6.07, 6.45) is 1.25. The summed E-state index contributed by atoms with van der Waals surface area (Å²) in [7, 11) is 0. The molecule has 0 aliphatic carbocycles. The van der Waals surface area contributed by atoms with Crippen LogP contribution in [-0.2, 0) is 6.54 Å². The number of rotatable bonds is 3. The van der Waals surface area contributed by atoms with Gasteiger partial charge < -0.3 is 5.11 Å². The van der Waals surface area contributed by atoms with Gasteiger partial charge in [-0.15, -0.1) is 0 Å². The largest absolute Gasteiger partial charge is 0.478 e. The minimum Gasteiger partial charge on any atom is -0.478 e. The van der Waals surface area contributed by atoms with Crippen molar-refractivity contribution in [3.63, 3.8) is 0 Å². The molecule has 0 saturated heterocycles. The van der Waals surface area contributed by atoms with Gasteiger partial charge in [-0.3, -0.25) is 4.68 Å². The minimum atomic E-state index is -1.12. The van der Waals surface area contributed by atoms with Crippen LogP contribution in [0.15, 0.2) is 24.4 Å². The molecule has 0 unspecified atom stereocenters. The van der Waals surface area contributed by atoms with Gasteiger partial charge >= 0.3 is 5.97 Å². The van der Waals surface area contributed by atoms with E-state index in [0.29, 0.717) is 5.69 Å². The molecule has 4 nitrogen and oxygen atoms in total. The number of halogens is 2. The highest BCUT2D eigenvalue weighted by molar-refractivity contribution is 5.88. The second kappa shape index (κ2) is 4.56. The van der Waals surface area contributed by atoms with Crippen LogP contribution in [0.3, 0.4) is 0 Å². The van der Waals surface area contributed by atoms with Crippen molar-refractivity contribution in [3.8, 4) is 0 Å². The lowest BCUT2D eigenvalue weighted by molar-refractivity contribution is 0.0696. The van der Waals surface area contributed by atoms with Crippen molar-refractivity contribution in [2.24, 2.45) is 0 Å². The Balaban J connectivity index is 2.35. The zero-order chi connectivity index (χ0) is 13.3. The molecule has 0 spiro atoms. The summed E-state index contributed by atoms with van der Waals surface area (Å²) in [4.78, 5) is 10.8. The summed E-state index contributed by atoms with van der Waals surface area (Å²) in [5.74, 6) is -2.48. The van der Waals surface area contributed by atoms with Gasteiger partial charge in [-0.1, -0.05) is 6.07 Å². The Morgan fingerprint density at radius 2 is 2.00 bits per heavy atom. The number of hydrogen-bond donors (Lipinski definition) is 1. The third-order valence-electron chi connectivity index (χ3n) is 2.56. The number of hydrogen-bond acceptors (Lipinski definition) is 2. The Labute approximate surface area is 101 Å². The lowest BCUT2D eigenvalue weighted by atomic mass is 10.2. The Hall–Kier alpha value is -2.24. The third-order valence-corrected chi connectivity index (χ3v) is 2.56. The number of benzene rings is 1. The van der Waals surface area contributed by atoms with E-state index in [0.717, 1.165) is 12.1 Å². The van der Waals surface area contributed by atoms with Crippen molar-refractivity contribution >= 4 is 5.97 Å². The van der Waals surface area contributed by atoms with E-state index in [-0.39, 0.29) is 17.7 Å². The highest BCUT2D eigenvalue weighted by atomic mass is 19.1. The van der Waals surface area contributed by atoms with Crippen molar-refractivity contribution < 1.29 is 18.7 Å². The van der Waals surface area contributed by atoms with Gasteiger partial charge in [-0.25, -0.2) is 13.6 Å². The molecular weight excluding hydrogens is 242 g/mol. The molecule has 0 atom stereocenters.